The number of benzene rings is 1. The van der Waals surface area contributed by atoms with Gasteiger partial charge in [-0.15, -0.1) is 0 Å². The fourth-order valence-electron chi connectivity index (χ4n) is 3.86. The van der Waals surface area contributed by atoms with Gasteiger partial charge in [0.25, 0.3) is 0 Å². The second-order valence-electron chi connectivity index (χ2n) is 7.32. The van der Waals surface area contributed by atoms with Gasteiger partial charge < -0.3 is 4.98 Å². The number of hydrogen-bond acceptors (Lipinski definition) is 3. The summed E-state index contributed by atoms with van der Waals surface area (Å²) >= 11 is 0. The second kappa shape index (κ2) is 7.20. The number of rotatable bonds is 3. The lowest BCUT2D eigenvalue weighted by Gasteiger charge is -2.31. The van der Waals surface area contributed by atoms with Crippen molar-refractivity contribution in [2.75, 3.05) is 0 Å². The molecule has 2 aromatic heterocycles. The van der Waals surface area contributed by atoms with Crippen LogP contribution in [0.15, 0.2) is 55.0 Å². The third kappa shape index (κ3) is 3.29. The van der Waals surface area contributed by atoms with E-state index in [0.29, 0.717) is 23.3 Å². The molecule has 4 heteroatoms. The highest BCUT2D eigenvalue weighted by Crippen LogP contribution is 2.38. The molecule has 0 saturated carbocycles. The number of nitriles is 1. The number of nitrogens with one attached hydrogen (secondary N) is 1. The largest absolute Gasteiger partial charge is 0.348 e. The predicted molar refractivity (Wildman–Crippen MR) is 107 cm³/mol. The Morgan fingerprint density at radius 3 is 2.78 bits per heavy atom. The first-order valence-corrected chi connectivity index (χ1v) is 9.33. The van der Waals surface area contributed by atoms with Crippen LogP contribution in [0, 0.1) is 23.2 Å². The summed E-state index contributed by atoms with van der Waals surface area (Å²) in [5.41, 5.74) is 5.87. The molecule has 4 nitrogen and oxygen atoms in total. The van der Waals surface area contributed by atoms with Crippen molar-refractivity contribution < 1.29 is 0 Å². The summed E-state index contributed by atoms with van der Waals surface area (Å²) in [5.74, 6) is 1.46. The minimum atomic E-state index is 0.302. The standard InChI is InChI=1S/C23H22N4/c1-15-11-22-23(27-14-26-22)20(16(15)2)10-9-19-8-7-18(13-25-19)21-6-4-3-5-17(21)12-24/h3-10,13-16,20H,11H2,1-2H3,(H,26,27)/b10-9+/t15-,16+,20-/m0/s1. The molecular formula is C23H22N4. The summed E-state index contributed by atoms with van der Waals surface area (Å²) in [6.07, 6.45) is 9.01. The molecule has 1 aliphatic rings. The summed E-state index contributed by atoms with van der Waals surface area (Å²) in [6.45, 7) is 4.60. The molecule has 3 atom stereocenters. The fourth-order valence-corrected chi connectivity index (χ4v) is 3.86. The molecule has 0 radical (unpaired) electrons. The van der Waals surface area contributed by atoms with Crippen LogP contribution in [0.2, 0.25) is 0 Å². The Hall–Kier alpha value is -3.19. The summed E-state index contributed by atoms with van der Waals surface area (Å²) in [7, 11) is 0. The Morgan fingerprint density at radius 2 is 2.00 bits per heavy atom. The second-order valence-corrected chi connectivity index (χ2v) is 7.32. The van der Waals surface area contributed by atoms with Crippen LogP contribution < -0.4 is 0 Å². The third-order valence-corrected chi connectivity index (χ3v) is 5.68. The fraction of sp³-hybridized carbons (Fsp3) is 0.261. The zero-order chi connectivity index (χ0) is 18.8. The first-order chi connectivity index (χ1) is 13.2. The van der Waals surface area contributed by atoms with Crippen LogP contribution in [0.5, 0.6) is 0 Å². The van der Waals surface area contributed by atoms with Gasteiger partial charge in [0.15, 0.2) is 0 Å². The molecule has 0 spiro atoms. The van der Waals surface area contributed by atoms with E-state index in [-0.39, 0.29) is 0 Å². The molecule has 1 aromatic carbocycles. The number of hydrogen-bond donors (Lipinski definition) is 1. The predicted octanol–water partition coefficient (Wildman–Crippen LogP) is 4.97. The molecule has 3 aromatic rings. The maximum atomic E-state index is 9.28. The van der Waals surface area contributed by atoms with Gasteiger partial charge in [0.05, 0.1) is 29.3 Å². The van der Waals surface area contributed by atoms with Crippen molar-refractivity contribution in [2.24, 2.45) is 11.8 Å². The van der Waals surface area contributed by atoms with E-state index in [9.17, 15) is 5.26 Å². The van der Waals surface area contributed by atoms with Gasteiger partial charge in [-0.1, -0.05) is 44.2 Å². The SMILES string of the molecule is C[C@H]1[C@H](/C=C/c2ccc(-c3ccccc3C#N)cn2)c2nc[nH]c2C[C@@H]1C. The number of imidazole rings is 1. The summed E-state index contributed by atoms with van der Waals surface area (Å²) in [5, 5.41) is 9.28. The molecular weight excluding hydrogens is 332 g/mol. The van der Waals surface area contributed by atoms with Crippen molar-refractivity contribution in [2.45, 2.75) is 26.2 Å². The Balaban J connectivity index is 1.58. The van der Waals surface area contributed by atoms with Crippen LogP contribution >= 0.6 is 0 Å². The minimum Gasteiger partial charge on any atom is -0.348 e. The average Bonchev–Trinajstić information content (AvgIpc) is 3.16. The van der Waals surface area contributed by atoms with Gasteiger partial charge in [-0.3, -0.25) is 4.98 Å². The van der Waals surface area contributed by atoms with Crippen molar-refractivity contribution >= 4 is 6.08 Å². The van der Waals surface area contributed by atoms with E-state index in [1.54, 1.807) is 6.33 Å². The highest BCUT2D eigenvalue weighted by molar-refractivity contribution is 5.70. The highest BCUT2D eigenvalue weighted by Gasteiger charge is 2.31. The number of H-pyrrole nitrogens is 1. The van der Waals surface area contributed by atoms with Crippen molar-refractivity contribution in [1.82, 2.24) is 15.0 Å². The van der Waals surface area contributed by atoms with Crippen molar-refractivity contribution in [3.05, 3.63) is 77.6 Å². The first-order valence-electron chi connectivity index (χ1n) is 9.33. The van der Waals surface area contributed by atoms with Crippen LogP contribution in [0.25, 0.3) is 17.2 Å². The zero-order valence-corrected chi connectivity index (χ0v) is 15.6. The molecule has 0 saturated heterocycles. The highest BCUT2D eigenvalue weighted by atomic mass is 14.9. The monoisotopic (exact) mass is 354 g/mol. The number of aromatic nitrogens is 3. The van der Waals surface area contributed by atoms with Crippen LogP contribution in [-0.4, -0.2) is 15.0 Å². The van der Waals surface area contributed by atoms with Crippen molar-refractivity contribution in [1.29, 1.82) is 5.26 Å². The van der Waals surface area contributed by atoms with E-state index in [2.05, 4.69) is 47.0 Å². The molecule has 27 heavy (non-hydrogen) atoms. The van der Waals surface area contributed by atoms with Crippen LogP contribution in [0.3, 0.4) is 0 Å². The Bertz CT molecular complexity index is 1010. The minimum absolute atomic E-state index is 0.302. The smallest absolute Gasteiger partial charge is 0.0998 e. The zero-order valence-electron chi connectivity index (χ0n) is 15.6. The topological polar surface area (TPSA) is 65.4 Å². The Kier molecular flexibility index (Phi) is 4.60. The molecule has 1 aliphatic carbocycles. The molecule has 134 valence electrons. The van der Waals surface area contributed by atoms with Crippen LogP contribution in [0.1, 0.15) is 42.4 Å². The lowest BCUT2D eigenvalue weighted by Crippen LogP contribution is -2.24. The number of nitrogens with zero attached hydrogens (tertiary/aromatic N) is 3. The number of allylic oxidation sites excluding steroid dienone is 1. The molecule has 0 aliphatic heterocycles. The molecule has 0 fully saturated rings. The van der Waals surface area contributed by atoms with Crippen LogP contribution in [0.4, 0.5) is 0 Å². The number of fused-ring (bicyclic) bond motifs is 1. The number of aromatic amines is 1. The lowest BCUT2D eigenvalue weighted by atomic mass is 9.74. The van der Waals surface area contributed by atoms with E-state index in [1.807, 2.05) is 42.6 Å². The van der Waals surface area contributed by atoms with Gasteiger partial charge >= 0.3 is 0 Å². The van der Waals surface area contributed by atoms with E-state index < -0.39 is 0 Å². The van der Waals surface area contributed by atoms with E-state index >= 15 is 0 Å². The Labute approximate surface area is 159 Å². The molecule has 0 amide bonds. The summed E-state index contributed by atoms with van der Waals surface area (Å²) in [4.78, 5) is 12.4. The summed E-state index contributed by atoms with van der Waals surface area (Å²) < 4.78 is 0. The van der Waals surface area contributed by atoms with E-state index in [0.717, 1.165) is 28.9 Å². The molecule has 1 N–H and O–H groups in total. The lowest BCUT2D eigenvalue weighted by molar-refractivity contribution is 0.326. The third-order valence-electron chi connectivity index (χ3n) is 5.68. The first kappa shape index (κ1) is 17.2. The average molecular weight is 354 g/mol. The van der Waals surface area contributed by atoms with Crippen LogP contribution in [-0.2, 0) is 6.42 Å². The van der Waals surface area contributed by atoms with Gasteiger partial charge in [-0.05, 0) is 36.5 Å². The van der Waals surface area contributed by atoms with E-state index in [4.69, 9.17) is 0 Å². The maximum absolute atomic E-state index is 9.28. The molecule has 0 bridgehead atoms. The van der Waals surface area contributed by atoms with Gasteiger partial charge in [0.1, 0.15) is 0 Å². The summed E-state index contributed by atoms with van der Waals surface area (Å²) in [6, 6.07) is 13.9. The van der Waals surface area contributed by atoms with Gasteiger partial charge in [-0.25, -0.2) is 4.98 Å². The number of pyridine rings is 1. The maximum Gasteiger partial charge on any atom is 0.0998 e. The normalized spacial score (nSPS) is 21.7. The van der Waals surface area contributed by atoms with Crippen molar-refractivity contribution in [3.8, 4) is 17.2 Å². The Morgan fingerprint density at radius 1 is 1.15 bits per heavy atom. The van der Waals surface area contributed by atoms with Crippen molar-refractivity contribution in [3.63, 3.8) is 0 Å². The van der Waals surface area contributed by atoms with E-state index in [1.165, 1.54) is 5.69 Å². The van der Waals surface area contributed by atoms with Gasteiger partial charge in [0.2, 0.25) is 0 Å². The molecule has 4 rings (SSSR count). The molecule has 2 heterocycles. The molecule has 0 unspecified atom stereocenters. The van der Waals surface area contributed by atoms with Gasteiger partial charge in [0, 0.05) is 28.9 Å². The van der Waals surface area contributed by atoms with Gasteiger partial charge in [-0.2, -0.15) is 5.26 Å². The quantitative estimate of drug-likeness (QED) is 0.722.